The lowest BCUT2D eigenvalue weighted by Crippen LogP contribution is -3.00. The minimum atomic E-state index is -0.0961. The van der Waals surface area contributed by atoms with Crippen molar-refractivity contribution >= 4 is 51.8 Å². The number of halogens is 3. The van der Waals surface area contributed by atoms with Crippen molar-refractivity contribution in [2.45, 2.75) is 20.4 Å². The van der Waals surface area contributed by atoms with Gasteiger partial charge in [0.1, 0.15) is 0 Å². The van der Waals surface area contributed by atoms with Gasteiger partial charge in [-0.2, -0.15) is 0 Å². The summed E-state index contributed by atoms with van der Waals surface area (Å²) in [6.07, 6.45) is 0. The lowest BCUT2D eigenvalue weighted by Gasteiger charge is -2.08. The van der Waals surface area contributed by atoms with Gasteiger partial charge in [0.25, 0.3) is 0 Å². The Bertz CT molecular complexity index is 1010. The largest absolute Gasteiger partial charge is 1.00 e. The van der Waals surface area contributed by atoms with E-state index in [1.54, 1.807) is 17.4 Å². The molecule has 0 aliphatic carbocycles. The summed E-state index contributed by atoms with van der Waals surface area (Å²) in [6.45, 7) is 4.32. The number of hydrogen-bond acceptors (Lipinski definition) is 3. The molecule has 0 bridgehead atoms. The normalized spacial score (nSPS) is 11.2. The van der Waals surface area contributed by atoms with Crippen molar-refractivity contribution in [3.63, 3.8) is 0 Å². The summed E-state index contributed by atoms with van der Waals surface area (Å²) < 4.78 is 2.11. The number of rotatable bonds is 4. The zero-order chi connectivity index (χ0) is 18.7. The zero-order valence-corrected chi connectivity index (χ0v) is 17.8. The average Bonchev–Trinajstić information content (AvgIpc) is 2.98. The third kappa shape index (κ3) is 5.14. The maximum Gasteiger partial charge on any atom is 0.221 e. The van der Waals surface area contributed by atoms with Crippen LogP contribution in [0.2, 0.25) is 10.0 Å². The van der Waals surface area contributed by atoms with Gasteiger partial charge in [-0.25, -0.2) is 4.99 Å². The molecular weight excluding hydrogens is 425 g/mol. The first-order valence-electron chi connectivity index (χ1n) is 8.04. The summed E-state index contributed by atoms with van der Waals surface area (Å²) >= 11 is 13.9. The Morgan fingerprint density at radius 1 is 1.19 bits per heavy atom. The van der Waals surface area contributed by atoms with Gasteiger partial charge in [0.05, 0.1) is 16.4 Å². The third-order valence-electron chi connectivity index (χ3n) is 3.73. The molecule has 142 valence electrons. The summed E-state index contributed by atoms with van der Waals surface area (Å²) in [5.74, 6) is -0.0961. The van der Waals surface area contributed by atoms with E-state index in [-0.39, 0.29) is 18.3 Å². The van der Waals surface area contributed by atoms with Gasteiger partial charge in [-0.3, -0.25) is 4.79 Å². The molecule has 27 heavy (non-hydrogen) atoms. The summed E-state index contributed by atoms with van der Waals surface area (Å²) in [5, 5.41) is 6.02. The Kier molecular flexibility index (Phi) is 7.50. The summed E-state index contributed by atoms with van der Waals surface area (Å²) in [7, 11) is 0. The molecule has 0 saturated carbocycles. The van der Waals surface area contributed by atoms with Crippen molar-refractivity contribution in [2.75, 3.05) is 5.32 Å². The lowest BCUT2D eigenvalue weighted by atomic mass is 10.2. The molecule has 0 atom stereocenters. The van der Waals surface area contributed by atoms with Gasteiger partial charge in [0, 0.05) is 35.1 Å². The standard InChI is InChI=1S/C19H17Cl2N3OS.ClH/c1-3-24-18(16-9-4-13(20)10-17(16)21)11-26-19(24)23-15-7-5-14(6-8-15)22-12(2)25;/h4-11H,3H2,1-2H3,(H,22,25);1H/p-1. The van der Waals surface area contributed by atoms with Crippen molar-refractivity contribution in [3.8, 4) is 11.3 Å². The highest BCUT2D eigenvalue weighted by molar-refractivity contribution is 7.07. The molecule has 1 N–H and O–H groups in total. The smallest absolute Gasteiger partial charge is 0.221 e. The van der Waals surface area contributed by atoms with Gasteiger partial charge >= 0.3 is 0 Å². The number of anilines is 1. The lowest BCUT2D eigenvalue weighted by molar-refractivity contribution is -0.114. The quantitative estimate of drug-likeness (QED) is 0.665. The minimum absolute atomic E-state index is 0. The maximum atomic E-state index is 11.1. The van der Waals surface area contributed by atoms with Gasteiger partial charge < -0.3 is 22.3 Å². The predicted molar refractivity (Wildman–Crippen MR) is 109 cm³/mol. The van der Waals surface area contributed by atoms with Crippen molar-refractivity contribution in [2.24, 2.45) is 4.99 Å². The second-order valence-electron chi connectivity index (χ2n) is 5.61. The molecule has 4 nitrogen and oxygen atoms in total. The maximum absolute atomic E-state index is 11.1. The SMILES string of the molecule is CCn1c(-c2ccc(Cl)cc2Cl)csc1=Nc1ccc(NC(C)=O)cc1.[Cl-]. The Morgan fingerprint density at radius 2 is 1.89 bits per heavy atom. The number of nitrogens with zero attached hydrogens (tertiary/aromatic N) is 2. The van der Waals surface area contributed by atoms with Crippen LogP contribution in [0.3, 0.4) is 0 Å². The van der Waals surface area contributed by atoms with Crippen molar-refractivity contribution < 1.29 is 17.2 Å². The first kappa shape index (κ1) is 21.5. The van der Waals surface area contributed by atoms with Crippen LogP contribution in [0.1, 0.15) is 13.8 Å². The first-order chi connectivity index (χ1) is 12.5. The Hall–Kier alpha value is -1.79. The van der Waals surface area contributed by atoms with E-state index < -0.39 is 0 Å². The van der Waals surface area contributed by atoms with Gasteiger partial charge in [0.15, 0.2) is 4.80 Å². The second-order valence-corrected chi connectivity index (χ2v) is 7.29. The fourth-order valence-electron chi connectivity index (χ4n) is 2.57. The second kappa shape index (κ2) is 9.42. The van der Waals surface area contributed by atoms with Crippen molar-refractivity contribution in [1.82, 2.24) is 4.57 Å². The van der Waals surface area contributed by atoms with Crippen LogP contribution in [0.15, 0.2) is 52.8 Å². The van der Waals surface area contributed by atoms with Crippen LogP contribution >= 0.6 is 34.5 Å². The van der Waals surface area contributed by atoms with Gasteiger partial charge in [-0.15, -0.1) is 11.3 Å². The topological polar surface area (TPSA) is 46.4 Å². The van der Waals surface area contributed by atoms with Crippen LogP contribution in [-0.2, 0) is 11.3 Å². The van der Waals surface area contributed by atoms with E-state index in [1.165, 1.54) is 6.92 Å². The van der Waals surface area contributed by atoms with Gasteiger partial charge in [0.2, 0.25) is 5.91 Å². The fraction of sp³-hybridized carbons (Fsp3) is 0.158. The average molecular weight is 442 g/mol. The van der Waals surface area contributed by atoms with E-state index in [2.05, 4.69) is 16.8 Å². The molecule has 8 heteroatoms. The molecule has 0 fully saturated rings. The highest BCUT2D eigenvalue weighted by Gasteiger charge is 2.10. The van der Waals surface area contributed by atoms with Crippen LogP contribution in [-0.4, -0.2) is 10.5 Å². The molecule has 3 rings (SSSR count). The molecule has 1 amide bonds. The zero-order valence-electron chi connectivity index (χ0n) is 14.7. The fourth-order valence-corrected chi connectivity index (χ4v) is 4.06. The Labute approximate surface area is 177 Å². The van der Waals surface area contributed by atoms with Crippen LogP contribution in [0.25, 0.3) is 11.3 Å². The predicted octanol–water partition coefficient (Wildman–Crippen LogP) is 2.74. The number of carbonyl (C=O) groups excluding carboxylic acids is 1. The Morgan fingerprint density at radius 3 is 2.48 bits per heavy atom. The molecule has 3 aromatic rings. The molecule has 0 spiro atoms. The van der Waals surface area contributed by atoms with Gasteiger partial charge in [-0.05, 0) is 49.4 Å². The van der Waals surface area contributed by atoms with Crippen LogP contribution in [0.4, 0.5) is 11.4 Å². The molecule has 0 aliphatic heterocycles. The third-order valence-corrected chi connectivity index (χ3v) is 5.14. The summed E-state index contributed by atoms with van der Waals surface area (Å²) in [4.78, 5) is 16.7. The number of thiazole rings is 1. The number of nitrogens with one attached hydrogen (secondary N) is 1. The number of hydrogen-bond donors (Lipinski definition) is 1. The van der Waals surface area contributed by atoms with Crippen molar-refractivity contribution in [1.29, 1.82) is 0 Å². The van der Waals surface area contributed by atoms with E-state index >= 15 is 0 Å². The molecule has 1 aromatic heterocycles. The van der Waals surface area contributed by atoms with E-state index in [0.29, 0.717) is 10.0 Å². The molecular formula is C19H17Cl3N3OS-. The monoisotopic (exact) mass is 440 g/mol. The minimum Gasteiger partial charge on any atom is -1.00 e. The van der Waals surface area contributed by atoms with Crippen LogP contribution < -0.4 is 22.5 Å². The Balaban J connectivity index is 0.00000261. The van der Waals surface area contributed by atoms with Crippen LogP contribution in [0.5, 0.6) is 0 Å². The number of amides is 1. The molecule has 0 unspecified atom stereocenters. The highest BCUT2D eigenvalue weighted by atomic mass is 35.5. The van der Waals surface area contributed by atoms with Gasteiger partial charge in [-0.1, -0.05) is 23.2 Å². The van der Waals surface area contributed by atoms with E-state index in [9.17, 15) is 4.79 Å². The van der Waals surface area contributed by atoms with E-state index in [1.807, 2.05) is 41.8 Å². The molecule has 0 radical (unpaired) electrons. The first-order valence-corrected chi connectivity index (χ1v) is 9.67. The number of carbonyl (C=O) groups is 1. The molecule has 2 aromatic carbocycles. The number of benzene rings is 2. The van der Waals surface area contributed by atoms with E-state index in [0.717, 1.165) is 34.0 Å². The number of aromatic nitrogens is 1. The molecule has 0 aliphatic rings. The highest BCUT2D eigenvalue weighted by Crippen LogP contribution is 2.30. The van der Waals surface area contributed by atoms with Crippen molar-refractivity contribution in [3.05, 3.63) is 62.7 Å². The summed E-state index contributed by atoms with van der Waals surface area (Å²) in [6, 6.07) is 12.9. The molecule has 0 saturated heterocycles. The molecule has 1 heterocycles. The van der Waals surface area contributed by atoms with E-state index in [4.69, 9.17) is 28.2 Å². The van der Waals surface area contributed by atoms with Crippen LogP contribution in [0, 0.1) is 0 Å². The summed E-state index contributed by atoms with van der Waals surface area (Å²) in [5.41, 5.74) is 3.50.